The molecule has 0 amide bonds. The van der Waals surface area contributed by atoms with Crippen molar-refractivity contribution < 1.29 is 24.2 Å². The van der Waals surface area contributed by atoms with E-state index in [2.05, 4.69) is 6.58 Å². The fourth-order valence-corrected chi connectivity index (χ4v) is 6.48. The van der Waals surface area contributed by atoms with E-state index in [4.69, 9.17) is 0 Å². The van der Waals surface area contributed by atoms with Crippen molar-refractivity contribution in [3.63, 3.8) is 0 Å². The van der Waals surface area contributed by atoms with Crippen LogP contribution in [0.2, 0.25) is 0 Å². The van der Waals surface area contributed by atoms with E-state index in [-0.39, 0.29) is 30.0 Å². The lowest BCUT2D eigenvalue weighted by Gasteiger charge is -2.57. The molecule has 0 aromatic heterocycles. The third-order valence-corrected chi connectivity index (χ3v) is 7.81. The molecule has 27 heavy (non-hydrogen) atoms. The molecule has 2 N–H and O–H groups in total. The van der Waals surface area contributed by atoms with Crippen LogP contribution >= 0.6 is 0 Å². The van der Waals surface area contributed by atoms with E-state index < -0.39 is 34.1 Å². The van der Waals surface area contributed by atoms with E-state index in [1.807, 2.05) is 6.92 Å². The number of fused-ring (bicyclic) bond motifs is 5. The van der Waals surface area contributed by atoms with Crippen LogP contribution in [0.3, 0.4) is 0 Å². The zero-order valence-electron chi connectivity index (χ0n) is 15.8. The molecule has 0 spiro atoms. The highest BCUT2D eigenvalue weighted by Crippen LogP contribution is 2.67. The van der Waals surface area contributed by atoms with Gasteiger partial charge in [0.25, 0.3) is 0 Å². The van der Waals surface area contributed by atoms with Crippen LogP contribution in [0.25, 0.3) is 0 Å². The molecule has 4 nitrogen and oxygen atoms in total. The topological polar surface area (TPSA) is 74.6 Å². The van der Waals surface area contributed by atoms with Crippen LogP contribution < -0.4 is 0 Å². The van der Waals surface area contributed by atoms with E-state index in [9.17, 15) is 19.8 Å². The number of aliphatic hydroxyl groups excluding tert-OH is 1. The number of carbonyl (C=O) groups is 2. The van der Waals surface area contributed by atoms with Gasteiger partial charge in [0, 0.05) is 22.3 Å². The van der Waals surface area contributed by atoms with E-state index in [0.717, 1.165) is 0 Å². The molecule has 2 saturated carbocycles. The first-order valence-electron chi connectivity index (χ1n) is 9.39. The van der Waals surface area contributed by atoms with Gasteiger partial charge < -0.3 is 10.2 Å². The second-order valence-electron chi connectivity index (χ2n) is 9.06. The van der Waals surface area contributed by atoms with Crippen LogP contribution in [-0.4, -0.2) is 33.5 Å². The number of rotatable bonds is 1. The Kier molecular flexibility index (Phi) is 3.67. The molecule has 2 fully saturated rings. The summed E-state index contributed by atoms with van der Waals surface area (Å²) in [5.74, 6) is -2.05. The summed E-state index contributed by atoms with van der Waals surface area (Å²) in [5, 5.41) is 22.4. The lowest BCUT2D eigenvalue weighted by Crippen LogP contribution is -2.60. The summed E-state index contributed by atoms with van der Waals surface area (Å²) in [6, 6.07) is 0. The molecular weight excluding hydrogens is 347 g/mol. The highest BCUT2D eigenvalue weighted by Gasteiger charge is 2.68. The van der Waals surface area contributed by atoms with Crippen molar-refractivity contribution in [1.82, 2.24) is 0 Å². The van der Waals surface area contributed by atoms with Crippen LogP contribution in [0.5, 0.6) is 0 Å². The largest absolute Gasteiger partial charge is 0.393 e. The van der Waals surface area contributed by atoms with Gasteiger partial charge in [0.2, 0.25) is 0 Å². The third kappa shape index (κ3) is 2.04. The quantitative estimate of drug-likeness (QED) is 0.694. The predicted octanol–water partition coefficient (Wildman–Crippen LogP) is 2.82. The van der Waals surface area contributed by atoms with E-state index in [1.54, 1.807) is 13.0 Å². The SMILES string of the molecule is C=C1C[C@H]2[C@@H]3C=C(F)C4=CC(=O)C=C[C@]4(C)[C@H]3[C@@H](O)C[C@]2(C)[C@@]1(O)C(C)=O. The maximum absolute atomic E-state index is 15.0. The minimum absolute atomic E-state index is 0.216. The van der Waals surface area contributed by atoms with Crippen LogP contribution in [0, 0.1) is 28.6 Å². The summed E-state index contributed by atoms with van der Waals surface area (Å²) in [6.45, 7) is 8.94. The monoisotopic (exact) mass is 372 g/mol. The van der Waals surface area contributed by atoms with Crippen molar-refractivity contribution in [1.29, 1.82) is 0 Å². The molecule has 4 rings (SSSR count). The highest BCUT2D eigenvalue weighted by molar-refractivity contribution is 6.01. The van der Waals surface area contributed by atoms with Crippen LogP contribution in [0.4, 0.5) is 4.39 Å². The summed E-state index contributed by atoms with van der Waals surface area (Å²) in [6.07, 6.45) is 5.68. The van der Waals surface area contributed by atoms with Gasteiger partial charge in [-0.15, -0.1) is 0 Å². The van der Waals surface area contributed by atoms with Crippen molar-refractivity contribution in [2.45, 2.75) is 45.3 Å². The minimum Gasteiger partial charge on any atom is -0.393 e. The molecule has 7 atom stereocenters. The fourth-order valence-electron chi connectivity index (χ4n) is 6.48. The Labute approximate surface area is 158 Å². The smallest absolute Gasteiger partial charge is 0.178 e. The van der Waals surface area contributed by atoms with Crippen molar-refractivity contribution in [2.24, 2.45) is 28.6 Å². The normalized spacial score (nSPS) is 48.4. The molecule has 0 saturated heterocycles. The molecule has 0 radical (unpaired) electrons. The van der Waals surface area contributed by atoms with Gasteiger partial charge in [-0.3, -0.25) is 9.59 Å². The second-order valence-corrected chi connectivity index (χ2v) is 9.06. The molecule has 0 aromatic carbocycles. The molecule has 0 aromatic rings. The average Bonchev–Trinajstić information content (AvgIpc) is 2.78. The summed E-state index contributed by atoms with van der Waals surface area (Å²) in [7, 11) is 0. The molecular formula is C22H25FO4. The minimum atomic E-state index is -1.72. The number of hydrogen-bond donors (Lipinski definition) is 2. The average molecular weight is 372 g/mol. The number of carbonyl (C=O) groups excluding carboxylic acids is 2. The van der Waals surface area contributed by atoms with Gasteiger partial charge >= 0.3 is 0 Å². The van der Waals surface area contributed by atoms with Gasteiger partial charge in [-0.2, -0.15) is 0 Å². The van der Waals surface area contributed by atoms with Gasteiger partial charge in [-0.25, -0.2) is 4.39 Å². The van der Waals surface area contributed by atoms with Crippen LogP contribution in [0.1, 0.15) is 33.6 Å². The summed E-state index contributed by atoms with van der Waals surface area (Å²) >= 11 is 0. The number of ketones is 2. The maximum atomic E-state index is 15.0. The first kappa shape index (κ1) is 18.5. The number of halogens is 1. The van der Waals surface area contributed by atoms with Gasteiger partial charge in [0.05, 0.1) is 6.10 Å². The first-order valence-corrected chi connectivity index (χ1v) is 9.39. The van der Waals surface area contributed by atoms with Crippen molar-refractivity contribution in [3.05, 3.63) is 47.9 Å². The van der Waals surface area contributed by atoms with Gasteiger partial charge in [0.1, 0.15) is 11.4 Å². The Bertz CT molecular complexity index is 868. The number of hydrogen-bond acceptors (Lipinski definition) is 4. The summed E-state index contributed by atoms with van der Waals surface area (Å²) in [5.41, 5.74) is -2.71. The molecule has 144 valence electrons. The molecule has 0 bridgehead atoms. The zero-order valence-corrected chi connectivity index (χ0v) is 15.8. The third-order valence-electron chi connectivity index (χ3n) is 7.81. The molecule has 4 aliphatic carbocycles. The Morgan fingerprint density at radius 1 is 1.37 bits per heavy atom. The van der Waals surface area contributed by atoms with E-state index in [0.29, 0.717) is 17.6 Å². The van der Waals surface area contributed by atoms with Crippen molar-refractivity contribution in [3.8, 4) is 0 Å². The number of aliphatic hydroxyl groups is 2. The Hall–Kier alpha value is -1.85. The maximum Gasteiger partial charge on any atom is 0.178 e. The zero-order chi connectivity index (χ0) is 19.9. The standard InChI is InChI=1S/C22H25FO4/c1-11-7-15-14-9-17(23)16-8-13(25)5-6-20(16,3)19(14)18(26)10-21(15,4)22(11,27)12(2)24/h5-6,8-9,14-15,18-19,26-27H,1,7,10H2,2-4H3/t14-,15-,18-,19+,20-,21-,22-/m0/s1. The lowest BCUT2D eigenvalue weighted by atomic mass is 9.47. The van der Waals surface area contributed by atoms with Crippen LogP contribution in [-0.2, 0) is 9.59 Å². The van der Waals surface area contributed by atoms with Crippen molar-refractivity contribution >= 4 is 11.6 Å². The molecule has 4 aliphatic rings. The lowest BCUT2D eigenvalue weighted by molar-refractivity contribution is -0.163. The number of allylic oxidation sites excluding steroid dienone is 6. The van der Waals surface area contributed by atoms with E-state index in [1.165, 1.54) is 25.2 Å². The van der Waals surface area contributed by atoms with Crippen LogP contribution in [0.15, 0.2) is 47.9 Å². The Morgan fingerprint density at radius 3 is 2.67 bits per heavy atom. The molecule has 0 heterocycles. The summed E-state index contributed by atoms with van der Waals surface area (Å²) < 4.78 is 15.0. The highest BCUT2D eigenvalue weighted by atomic mass is 19.1. The summed E-state index contributed by atoms with van der Waals surface area (Å²) in [4.78, 5) is 24.1. The second kappa shape index (κ2) is 5.36. The van der Waals surface area contributed by atoms with Crippen molar-refractivity contribution in [2.75, 3.05) is 0 Å². The fraction of sp³-hybridized carbons (Fsp3) is 0.545. The molecule has 0 unspecified atom stereocenters. The Balaban J connectivity index is 1.90. The molecule has 5 heteroatoms. The van der Waals surface area contributed by atoms with Gasteiger partial charge in [0.15, 0.2) is 11.6 Å². The Morgan fingerprint density at radius 2 is 2.04 bits per heavy atom. The van der Waals surface area contributed by atoms with Gasteiger partial charge in [-0.05, 0) is 55.4 Å². The van der Waals surface area contributed by atoms with Gasteiger partial charge in [-0.1, -0.05) is 26.5 Å². The molecule has 0 aliphatic heterocycles. The van der Waals surface area contributed by atoms with E-state index >= 15 is 4.39 Å². The predicted molar refractivity (Wildman–Crippen MR) is 98.1 cm³/mol. The first-order chi connectivity index (χ1) is 12.5. The number of Topliss-reactive ketones (excluding diaryl/α,β-unsaturated/α-hetero) is 1.